The number of nitrogens with one attached hydrogen (secondary N) is 1. The van der Waals surface area contributed by atoms with Gasteiger partial charge in [-0.1, -0.05) is 49.2 Å². The molecule has 82 valence electrons. The van der Waals surface area contributed by atoms with E-state index >= 15 is 0 Å². The number of hydrogen-bond donors (Lipinski definition) is 1. The molecule has 1 aromatic rings. The maximum Gasteiger partial charge on any atom is 0.0411 e. The summed E-state index contributed by atoms with van der Waals surface area (Å²) in [5.41, 5.74) is 2.47. The molecule has 2 heteroatoms. The molecule has 1 N–H and O–H groups in total. The van der Waals surface area contributed by atoms with Crippen LogP contribution in [-0.2, 0) is 0 Å². The fraction of sp³-hybridized carbons (Fsp3) is 0.385. The van der Waals surface area contributed by atoms with E-state index in [4.69, 9.17) is 11.6 Å². The molecule has 0 spiro atoms. The maximum atomic E-state index is 5.91. The van der Waals surface area contributed by atoms with Crippen LogP contribution < -0.4 is 5.32 Å². The van der Waals surface area contributed by atoms with E-state index in [1.54, 1.807) is 0 Å². The van der Waals surface area contributed by atoms with Crippen molar-refractivity contribution in [1.82, 2.24) is 5.32 Å². The Morgan fingerprint density at radius 1 is 1.47 bits per heavy atom. The van der Waals surface area contributed by atoms with E-state index < -0.39 is 0 Å². The van der Waals surface area contributed by atoms with Gasteiger partial charge >= 0.3 is 0 Å². The molecular formula is C13H18ClN. The quantitative estimate of drug-likeness (QED) is 0.820. The van der Waals surface area contributed by atoms with E-state index in [0.29, 0.717) is 6.04 Å². The molecule has 15 heavy (non-hydrogen) atoms. The average Bonchev–Trinajstić information content (AvgIpc) is 2.15. The lowest BCUT2D eigenvalue weighted by molar-refractivity contribution is 0.623. The van der Waals surface area contributed by atoms with Crippen LogP contribution in [0.5, 0.6) is 0 Å². The second-order valence-electron chi connectivity index (χ2n) is 4.08. The molecule has 0 aliphatic rings. The zero-order chi connectivity index (χ0) is 11.3. The molecule has 0 unspecified atom stereocenters. The van der Waals surface area contributed by atoms with E-state index in [2.05, 4.69) is 38.2 Å². The van der Waals surface area contributed by atoms with Gasteiger partial charge in [-0.3, -0.25) is 0 Å². The van der Waals surface area contributed by atoms with Gasteiger partial charge in [0, 0.05) is 17.6 Å². The highest BCUT2D eigenvalue weighted by atomic mass is 35.5. The van der Waals surface area contributed by atoms with Crippen LogP contribution in [-0.4, -0.2) is 12.6 Å². The Kier molecular flexibility index (Phi) is 4.86. The molecule has 1 rings (SSSR count). The Hall–Kier alpha value is -0.790. The Bertz CT molecular complexity index is 342. The normalized spacial score (nSPS) is 12.2. The first-order chi connectivity index (χ1) is 7.08. The topological polar surface area (TPSA) is 12.0 Å². The van der Waals surface area contributed by atoms with Gasteiger partial charge in [-0.15, -0.1) is 0 Å². The first-order valence-corrected chi connectivity index (χ1v) is 5.62. The summed E-state index contributed by atoms with van der Waals surface area (Å²) in [6.45, 7) is 7.33. The van der Waals surface area contributed by atoms with Crippen LogP contribution in [0.25, 0.3) is 6.08 Å². The molecular weight excluding hydrogens is 206 g/mol. The van der Waals surface area contributed by atoms with Crippen LogP contribution in [0.1, 0.15) is 26.3 Å². The van der Waals surface area contributed by atoms with Crippen molar-refractivity contribution in [2.75, 3.05) is 6.54 Å². The Morgan fingerprint density at radius 2 is 2.20 bits per heavy atom. The van der Waals surface area contributed by atoms with Gasteiger partial charge in [0.05, 0.1) is 0 Å². The summed E-state index contributed by atoms with van der Waals surface area (Å²) in [5, 5.41) is 4.16. The maximum absolute atomic E-state index is 5.91. The Morgan fingerprint density at radius 3 is 2.80 bits per heavy atom. The highest BCUT2D eigenvalue weighted by Gasteiger charge is 1.95. The van der Waals surface area contributed by atoms with Crippen LogP contribution >= 0.6 is 11.6 Å². The molecule has 0 radical (unpaired) electrons. The first kappa shape index (κ1) is 12.3. The van der Waals surface area contributed by atoms with Crippen molar-refractivity contribution in [3.8, 4) is 0 Å². The zero-order valence-electron chi connectivity index (χ0n) is 9.55. The molecule has 0 fully saturated rings. The minimum absolute atomic E-state index is 0.521. The van der Waals surface area contributed by atoms with Crippen molar-refractivity contribution in [3.05, 3.63) is 40.4 Å². The highest BCUT2D eigenvalue weighted by Crippen LogP contribution is 2.13. The molecule has 0 heterocycles. The SMILES string of the molecule is CC(=Cc1cccc(Cl)c1)CNC(C)C. The molecule has 0 amide bonds. The average molecular weight is 224 g/mol. The second-order valence-corrected chi connectivity index (χ2v) is 4.52. The van der Waals surface area contributed by atoms with Gasteiger partial charge in [0.1, 0.15) is 0 Å². The number of benzene rings is 1. The van der Waals surface area contributed by atoms with E-state index in [-0.39, 0.29) is 0 Å². The molecule has 1 nitrogen and oxygen atoms in total. The van der Waals surface area contributed by atoms with E-state index in [1.165, 1.54) is 5.57 Å². The minimum Gasteiger partial charge on any atom is -0.311 e. The van der Waals surface area contributed by atoms with Crippen molar-refractivity contribution < 1.29 is 0 Å². The lowest BCUT2D eigenvalue weighted by atomic mass is 10.1. The Balaban J connectivity index is 2.62. The third kappa shape index (κ3) is 5.01. The lowest BCUT2D eigenvalue weighted by Crippen LogP contribution is -2.24. The van der Waals surface area contributed by atoms with Crippen molar-refractivity contribution in [2.45, 2.75) is 26.8 Å². The van der Waals surface area contributed by atoms with Gasteiger partial charge in [-0.05, 0) is 24.6 Å². The van der Waals surface area contributed by atoms with Crippen molar-refractivity contribution in [1.29, 1.82) is 0 Å². The van der Waals surface area contributed by atoms with Gasteiger partial charge in [0.25, 0.3) is 0 Å². The molecule has 0 aliphatic heterocycles. The smallest absolute Gasteiger partial charge is 0.0411 e. The minimum atomic E-state index is 0.521. The second kappa shape index (κ2) is 5.94. The first-order valence-electron chi connectivity index (χ1n) is 5.24. The van der Waals surface area contributed by atoms with Gasteiger partial charge < -0.3 is 5.32 Å². The third-order valence-electron chi connectivity index (χ3n) is 2.05. The number of halogens is 1. The Labute approximate surface area is 97.1 Å². The standard InChI is InChI=1S/C13H18ClN/c1-10(2)15-9-11(3)7-12-5-4-6-13(14)8-12/h4-8,10,15H,9H2,1-3H3. The predicted molar refractivity (Wildman–Crippen MR) is 68.2 cm³/mol. The lowest BCUT2D eigenvalue weighted by Gasteiger charge is -2.08. The van der Waals surface area contributed by atoms with Gasteiger partial charge in [0.2, 0.25) is 0 Å². The molecule has 0 aliphatic carbocycles. The summed E-state index contributed by atoms with van der Waals surface area (Å²) in [5.74, 6) is 0. The van der Waals surface area contributed by atoms with E-state index in [9.17, 15) is 0 Å². The molecule has 0 saturated heterocycles. The van der Waals surface area contributed by atoms with Gasteiger partial charge in [-0.25, -0.2) is 0 Å². The monoisotopic (exact) mass is 223 g/mol. The summed E-state index contributed by atoms with van der Waals surface area (Å²) in [7, 11) is 0. The van der Waals surface area contributed by atoms with E-state index in [1.807, 2.05) is 18.2 Å². The van der Waals surface area contributed by atoms with Crippen molar-refractivity contribution >= 4 is 17.7 Å². The summed E-state index contributed by atoms with van der Waals surface area (Å²) < 4.78 is 0. The summed E-state index contributed by atoms with van der Waals surface area (Å²) in [4.78, 5) is 0. The van der Waals surface area contributed by atoms with Crippen LogP contribution in [0.3, 0.4) is 0 Å². The van der Waals surface area contributed by atoms with Crippen LogP contribution in [0.15, 0.2) is 29.8 Å². The van der Waals surface area contributed by atoms with Gasteiger partial charge in [0.15, 0.2) is 0 Å². The third-order valence-corrected chi connectivity index (χ3v) is 2.29. The highest BCUT2D eigenvalue weighted by molar-refractivity contribution is 6.30. The number of hydrogen-bond acceptors (Lipinski definition) is 1. The fourth-order valence-corrected chi connectivity index (χ4v) is 1.50. The van der Waals surface area contributed by atoms with Crippen LogP contribution in [0, 0.1) is 0 Å². The van der Waals surface area contributed by atoms with Gasteiger partial charge in [-0.2, -0.15) is 0 Å². The fourth-order valence-electron chi connectivity index (χ4n) is 1.30. The van der Waals surface area contributed by atoms with Crippen LogP contribution in [0.2, 0.25) is 5.02 Å². The molecule has 0 saturated carbocycles. The van der Waals surface area contributed by atoms with E-state index in [0.717, 1.165) is 17.1 Å². The summed E-state index contributed by atoms with van der Waals surface area (Å²) >= 11 is 5.91. The summed E-state index contributed by atoms with van der Waals surface area (Å²) in [6, 6.07) is 8.41. The molecule has 1 aromatic carbocycles. The largest absolute Gasteiger partial charge is 0.311 e. The zero-order valence-corrected chi connectivity index (χ0v) is 10.3. The van der Waals surface area contributed by atoms with Crippen molar-refractivity contribution in [3.63, 3.8) is 0 Å². The number of rotatable bonds is 4. The summed E-state index contributed by atoms with van der Waals surface area (Å²) in [6.07, 6.45) is 2.15. The predicted octanol–water partition coefficient (Wildman–Crippen LogP) is 3.74. The van der Waals surface area contributed by atoms with Crippen LogP contribution in [0.4, 0.5) is 0 Å². The molecule has 0 aromatic heterocycles. The molecule has 0 atom stereocenters. The van der Waals surface area contributed by atoms with Crippen molar-refractivity contribution in [2.24, 2.45) is 0 Å². The molecule has 0 bridgehead atoms.